The summed E-state index contributed by atoms with van der Waals surface area (Å²) in [5.74, 6) is -0.631. The summed E-state index contributed by atoms with van der Waals surface area (Å²) >= 11 is 4.86. The Morgan fingerprint density at radius 2 is 2.33 bits per heavy atom. The Bertz CT molecular complexity index is 490. The van der Waals surface area contributed by atoms with Crippen LogP contribution in [0.1, 0.15) is 12.5 Å². The van der Waals surface area contributed by atoms with Gasteiger partial charge in [0.25, 0.3) is 5.69 Å². The van der Waals surface area contributed by atoms with Crippen molar-refractivity contribution in [3.05, 3.63) is 33.9 Å². The van der Waals surface area contributed by atoms with Crippen molar-refractivity contribution in [2.75, 3.05) is 6.54 Å². The minimum Gasteiger partial charge on any atom is -0.868 e. The molecule has 0 radical (unpaired) electrons. The van der Waals surface area contributed by atoms with E-state index in [1.807, 2.05) is 6.92 Å². The number of nitro groups is 1. The largest absolute Gasteiger partial charge is 0.868 e. The molecule has 18 heavy (non-hydrogen) atoms. The van der Waals surface area contributed by atoms with E-state index in [-0.39, 0.29) is 0 Å². The van der Waals surface area contributed by atoms with Crippen LogP contribution < -0.4 is 15.8 Å². The Labute approximate surface area is 109 Å². The molecule has 0 bridgehead atoms. The van der Waals surface area contributed by atoms with Gasteiger partial charge in [0.2, 0.25) is 0 Å². The van der Waals surface area contributed by atoms with Crippen LogP contribution in [0.5, 0.6) is 5.75 Å². The number of nitro benzene ring substituents is 1. The van der Waals surface area contributed by atoms with Crippen molar-refractivity contribution in [3.63, 3.8) is 0 Å². The molecule has 0 atom stereocenters. The van der Waals surface area contributed by atoms with Crippen LogP contribution in [0.4, 0.5) is 5.69 Å². The predicted octanol–water partition coefficient (Wildman–Crippen LogP) is 0.486. The van der Waals surface area contributed by atoms with Crippen molar-refractivity contribution in [3.8, 4) is 5.75 Å². The molecule has 0 saturated heterocycles. The molecule has 1 aromatic carbocycles. The Morgan fingerprint density at radius 1 is 1.61 bits per heavy atom. The van der Waals surface area contributed by atoms with E-state index in [2.05, 4.69) is 15.8 Å². The Hall–Kier alpha value is -2.22. The summed E-state index contributed by atoms with van der Waals surface area (Å²) in [5.41, 5.74) is 2.50. The summed E-state index contributed by atoms with van der Waals surface area (Å²) in [4.78, 5) is 9.83. The summed E-state index contributed by atoms with van der Waals surface area (Å²) in [5, 5.41) is 28.7. The molecule has 0 aliphatic rings. The van der Waals surface area contributed by atoms with E-state index in [0.717, 1.165) is 12.1 Å². The van der Waals surface area contributed by atoms with Gasteiger partial charge < -0.3 is 10.4 Å². The highest BCUT2D eigenvalue weighted by Gasteiger charge is 2.06. The van der Waals surface area contributed by atoms with Crippen LogP contribution in [0.15, 0.2) is 23.3 Å². The number of hydrazone groups is 1. The highest BCUT2D eigenvalue weighted by molar-refractivity contribution is 7.80. The van der Waals surface area contributed by atoms with Crippen LogP contribution in [0.3, 0.4) is 0 Å². The molecule has 8 heteroatoms. The van der Waals surface area contributed by atoms with Crippen LogP contribution in [0, 0.1) is 10.1 Å². The molecule has 0 aromatic heterocycles. The number of thiocarbonyl (C=S) groups is 1. The molecule has 0 fully saturated rings. The number of benzene rings is 1. The number of hydrogen-bond acceptors (Lipinski definition) is 5. The third kappa shape index (κ3) is 3.98. The SMILES string of the molecule is CCNC(=S)N/N=C/c1ccc([O-])c([N+](=O)[O-])c1. The molecule has 0 aliphatic heterocycles. The quantitative estimate of drug-likeness (QED) is 0.356. The third-order valence-electron chi connectivity index (χ3n) is 1.90. The van der Waals surface area contributed by atoms with Gasteiger partial charge in [-0.2, -0.15) is 5.10 Å². The Morgan fingerprint density at radius 3 is 2.94 bits per heavy atom. The molecular formula is C10H11N4O3S-. The summed E-state index contributed by atoms with van der Waals surface area (Å²) < 4.78 is 0. The van der Waals surface area contributed by atoms with Crippen LogP contribution in [-0.2, 0) is 0 Å². The Balaban J connectivity index is 2.73. The first kappa shape index (κ1) is 13.8. The Kier molecular flexibility index (Phi) is 5.00. The van der Waals surface area contributed by atoms with E-state index in [1.165, 1.54) is 12.3 Å². The van der Waals surface area contributed by atoms with Crippen molar-refractivity contribution >= 4 is 29.2 Å². The second kappa shape index (κ2) is 6.50. The van der Waals surface area contributed by atoms with Gasteiger partial charge in [0, 0.05) is 18.2 Å². The van der Waals surface area contributed by atoms with Gasteiger partial charge in [0.05, 0.1) is 11.1 Å². The van der Waals surface area contributed by atoms with E-state index < -0.39 is 16.4 Å². The molecule has 1 rings (SSSR count). The fourth-order valence-corrected chi connectivity index (χ4v) is 1.32. The average molecular weight is 267 g/mol. The number of rotatable bonds is 4. The van der Waals surface area contributed by atoms with Crippen LogP contribution >= 0.6 is 12.2 Å². The fraction of sp³-hybridized carbons (Fsp3) is 0.200. The average Bonchev–Trinajstić information content (AvgIpc) is 2.31. The highest BCUT2D eigenvalue weighted by Crippen LogP contribution is 2.22. The molecule has 0 aliphatic carbocycles. The van der Waals surface area contributed by atoms with E-state index in [0.29, 0.717) is 17.2 Å². The van der Waals surface area contributed by atoms with Gasteiger partial charge in [-0.1, -0.05) is 12.1 Å². The first-order valence-corrected chi connectivity index (χ1v) is 5.47. The topological polar surface area (TPSA) is 103 Å². The highest BCUT2D eigenvalue weighted by atomic mass is 32.1. The normalized spacial score (nSPS) is 10.3. The standard InChI is InChI=1S/C10H12N4O3S/c1-2-11-10(18)13-12-6-7-3-4-9(15)8(5-7)14(16)17/h3-6,15H,2H2,1H3,(H2,11,13,18)/p-1/b12-6+. The molecule has 7 nitrogen and oxygen atoms in total. The lowest BCUT2D eigenvalue weighted by Gasteiger charge is -2.06. The van der Waals surface area contributed by atoms with Gasteiger partial charge in [-0.15, -0.1) is 0 Å². The zero-order valence-corrected chi connectivity index (χ0v) is 10.4. The van der Waals surface area contributed by atoms with E-state index >= 15 is 0 Å². The van der Waals surface area contributed by atoms with Gasteiger partial charge in [0.1, 0.15) is 0 Å². The minimum absolute atomic E-state index is 0.351. The van der Waals surface area contributed by atoms with Crippen LogP contribution in [0.25, 0.3) is 0 Å². The predicted molar refractivity (Wildman–Crippen MR) is 69.5 cm³/mol. The number of hydrogen-bond donors (Lipinski definition) is 2. The molecule has 0 unspecified atom stereocenters. The maximum absolute atomic E-state index is 11.1. The molecule has 1 aromatic rings. The maximum atomic E-state index is 11.1. The number of nitrogens with one attached hydrogen (secondary N) is 2. The molecule has 2 N–H and O–H groups in total. The number of nitrogens with zero attached hydrogens (tertiary/aromatic N) is 2. The smallest absolute Gasteiger partial charge is 0.262 e. The van der Waals surface area contributed by atoms with Crippen molar-refractivity contribution in [2.45, 2.75) is 6.92 Å². The monoisotopic (exact) mass is 267 g/mol. The van der Waals surface area contributed by atoms with E-state index in [4.69, 9.17) is 12.2 Å². The van der Waals surface area contributed by atoms with E-state index in [9.17, 15) is 15.2 Å². The van der Waals surface area contributed by atoms with Gasteiger partial charge in [0.15, 0.2) is 5.11 Å². The zero-order chi connectivity index (χ0) is 13.5. The summed E-state index contributed by atoms with van der Waals surface area (Å²) in [6.45, 7) is 2.55. The maximum Gasteiger partial charge on any atom is 0.262 e. The summed E-state index contributed by atoms with van der Waals surface area (Å²) in [7, 11) is 0. The van der Waals surface area contributed by atoms with Crippen molar-refractivity contribution in [1.29, 1.82) is 0 Å². The lowest BCUT2D eigenvalue weighted by Crippen LogP contribution is -2.31. The zero-order valence-electron chi connectivity index (χ0n) is 9.54. The molecular weight excluding hydrogens is 256 g/mol. The van der Waals surface area contributed by atoms with Gasteiger partial charge in [-0.05, 0) is 24.9 Å². The molecule has 0 saturated carbocycles. The van der Waals surface area contributed by atoms with Gasteiger partial charge in [-0.3, -0.25) is 15.5 Å². The van der Waals surface area contributed by atoms with Gasteiger partial charge in [-0.25, -0.2) is 0 Å². The van der Waals surface area contributed by atoms with Crippen LogP contribution in [0.2, 0.25) is 0 Å². The molecule has 0 heterocycles. The third-order valence-corrected chi connectivity index (χ3v) is 2.13. The van der Waals surface area contributed by atoms with Crippen molar-refractivity contribution in [2.24, 2.45) is 5.10 Å². The molecule has 0 amide bonds. The van der Waals surface area contributed by atoms with Crippen LogP contribution in [-0.4, -0.2) is 22.8 Å². The lowest BCUT2D eigenvalue weighted by molar-refractivity contribution is -0.398. The van der Waals surface area contributed by atoms with Crippen molar-refractivity contribution < 1.29 is 10.0 Å². The second-order valence-corrected chi connectivity index (χ2v) is 3.62. The minimum atomic E-state index is -0.726. The fourth-order valence-electron chi connectivity index (χ4n) is 1.12. The second-order valence-electron chi connectivity index (χ2n) is 3.21. The van der Waals surface area contributed by atoms with E-state index in [1.54, 1.807) is 0 Å². The van der Waals surface area contributed by atoms with Crippen molar-refractivity contribution in [1.82, 2.24) is 10.7 Å². The summed E-state index contributed by atoms with van der Waals surface area (Å²) in [6.07, 6.45) is 1.34. The lowest BCUT2D eigenvalue weighted by atomic mass is 10.2. The summed E-state index contributed by atoms with van der Waals surface area (Å²) in [6, 6.07) is 3.72. The first-order valence-electron chi connectivity index (χ1n) is 5.07. The molecule has 0 spiro atoms. The first-order chi connectivity index (χ1) is 8.54. The molecule has 96 valence electrons. The van der Waals surface area contributed by atoms with Gasteiger partial charge >= 0.3 is 0 Å².